The van der Waals surface area contributed by atoms with Crippen LogP contribution >= 0.6 is 23.1 Å². The number of carbonyl (C=O) groups excluding carboxylic acids is 1. The number of thioether (sulfide) groups is 1. The van der Waals surface area contributed by atoms with Crippen LogP contribution in [0.25, 0.3) is 0 Å². The zero-order chi connectivity index (χ0) is 13.7. The standard InChI is InChI=1S/C14H22N2OS2/c1-2-3-4-11(8-15)16-14(17)13-7-10-9-18-6-5-12(10)19-13/h7,11H,2-6,8-9,15H2,1H3,(H,16,17). The van der Waals surface area contributed by atoms with Gasteiger partial charge in [0.2, 0.25) is 0 Å². The molecule has 0 bridgehead atoms. The van der Waals surface area contributed by atoms with Crippen LogP contribution in [0, 0.1) is 0 Å². The van der Waals surface area contributed by atoms with Crippen molar-refractivity contribution in [1.29, 1.82) is 0 Å². The number of nitrogens with two attached hydrogens (primary N) is 1. The molecule has 1 aliphatic heterocycles. The Morgan fingerprint density at radius 2 is 2.42 bits per heavy atom. The van der Waals surface area contributed by atoms with Crippen LogP contribution in [0.1, 0.15) is 46.3 Å². The third-order valence-electron chi connectivity index (χ3n) is 3.38. The maximum atomic E-state index is 12.2. The van der Waals surface area contributed by atoms with E-state index >= 15 is 0 Å². The van der Waals surface area contributed by atoms with Crippen molar-refractivity contribution in [3.8, 4) is 0 Å². The molecule has 0 spiro atoms. The smallest absolute Gasteiger partial charge is 0.261 e. The predicted octanol–water partition coefficient (Wildman–Crippen LogP) is 2.78. The third-order valence-corrected chi connectivity index (χ3v) is 5.62. The second kappa shape index (κ2) is 7.31. The van der Waals surface area contributed by atoms with E-state index in [2.05, 4.69) is 18.3 Å². The zero-order valence-corrected chi connectivity index (χ0v) is 13.0. The Hall–Kier alpha value is -0.520. The summed E-state index contributed by atoms with van der Waals surface area (Å²) in [7, 11) is 0. The maximum Gasteiger partial charge on any atom is 0.261 e. The van der Waals surface area contributed by atoms with Gasteiger partial charge in [0.05, 0.1) is 4.88 Å². The van der Waals surface area contributed by atoms with Gasteiger partial charge >= 0.3 is 0 Å². The van der Waals surface area contributed by atoms with Crippen molar-refractivity contribution in [3.05, 3.63) is 21.4 Å². The Balaban J connectivity index is 1.96. The summed E-state index contributed by atoms with van der Waals surface area (Å²) in [5.74, 6) is 2.28. The Bertz CT molecular complexity index is 408. The Morgan fingerprint density at radius 3 is 3.11 bits per heavy atom. The summed E-state index contributed by atoms with van der Waals surface area (Å²) in [6, 6.07) is 2.18. The molecule has 1 aliphatic rings. The lowest BCUT2D eigenvalue weighted by Gasteiger charge is -2.15. The minimum absolute atomic E-state index is 0.0518. The number of unbranched alkanes of at least 4 members (excludes halogenated alkanes) is 1. The largest absolute Gasteiger partial charge is 0.347 e. The minimum Gasteiger partial charge on any atom is -0.347 e. The Kier molecular flexibility index (Phi) is 5.73. The number of hydrogen-bond donors (Lipinski definition) is 2. The van der Waals surface area contributed by atoms with E-state index in [1.54, 1.807) is 11.3 Å². The number of amides is 1. The topological polar surface area (TPSA) is 55.1 Å². The van der Waals surface area contributed by atoms with Crippen LogP contribution < -0.4 is 11.1 Å². The SMILES string of the molecule is CCCCC(CN)NC(=O)c1cc2c(s1)CCSC2. The number of fused-ring (bicyclic) bond motifs is 1. The summed E-state index contributed by atoms with van der Waals surface area (Å²) in [5, 5.41) is 3.07. The van der Waals surface area contributed by atoms with E-state index in [9.17, 15) is 4.79 Å². The highest BCUT2D eigenvalue weighted by Crippen LogP contribution is 2.31. The van der Waals surface area contributed by atoms with Gasteiger partial charge in [-0.05, 0) is 30.2 Å². The van der Waals surface area contributed by atoms with E-state index < -0.39 is 0 Å². The fourth-order valence-electron chi connectivity index (χ4n) is 2.22. The normalized spacial score (nSPS) is 15.9. The summed E-state index contributed by atoms with van der Waals surface area (Å²) in [4.78, 5) is 14.5. The maximum absolute atomic E-state index is 12.2. The number of hydrogen-bond acceptors (Lipinski definition) is 4. The molecule has 1 unspecified atom stereocenters. The van der Waals surface area contributed by atoms with Crippen LogP contribution in [0.2, 0.25) is 0 Å². The Morgan fingerprint density at radius 1 is 1.58 bits per heavy atom. The average molecular weight is 298 g/mol. The van der Waals surface area contributed by atoms with Crippen LogP contribution in [0.3, 0.4) is 0 Å². The number of carbonyl (C=O) groups is 1. The van der Waals surface area contributed by atoms with E-state index in [0.717, 1.165) is 36.3 Å². The first-order chi connectivity index (χ1) is 9.24. The average Bonchev–Trinajstić information content (AvgIpc) is 2.87. The molecule has 1 atom stereocenters. The van der Waals surface area contributed by atoms with Gasteiger partial charge in [-0.2, -0.15) is 11.8 Å². The third kappa shape index (κ3) is 3.97. The van der Waals surface area contributed by atoms with Crippen LogP contribution in [0.4, 0.5) is 0 Å². The molecular weight excluding hydrogens is 276 g/mol. The van der Waals surface area contributed by atoms with Crippen molar-refractivity contribution in [1.82, 2.24) is 5.32 Å². The minimum atomic E-state index is 0.0518. The van der Waals surface area contributed by atoms with Gasteiger partial charge in [0.1, 0.15) is 0 Å². The molecule has 2 heterocycles. The van der Waals surface area contributed by atoms with Crippen molar-refractivity contribution < 1.29 is 4.79 Å². The van der Waals surface area contributed by atoms with E-state index in [0.29, 0.717) is 6.54 Å². The molecule has 1 amide bonds. The van der Waals surface area contributed by atoms with Gasteiger partial charge in [-0.3, -0.25) is 4.79 Å². The highest BCUT2D eigenvalue weighted by Gasteiger charge is 2.19. The van der Waals surface area contributed by atoms with Gasteiger partial charge in [0, 0.05) is 23.2 Å². The van der Waals surface area contributed by atoms with Crippen molar-refractivity contribution in [3.63, 3.8) is 0 Å². The van der Waals surface area contributed by atoms with Crippen LogP contribution in [-0.4, -0.2) is 24.2 Å². The van der Waals surface area contributed by atoms with Crippen LogP contribution in [0.5, 0.6) is 0 Å². The number of nitrogens with one attached hydrogen (secondary N) is 1. The van der Waals surface area contributed by atoms with Gasteiger partial charge in [0.25, 0.3) is 5.91 Å². The summed E-state index contributed by atoms with van der Waals surface area (Å²) < 4.78 is 0. The molecule has 3 N–H and O–H groups in total. The summed E-state index contributed by atoms with van der Waals surface area (Å²) in [5.41, 5.74) is 7.07. The lowest BCUT2D eigenvalue weighted by molar-refractivity contribution is 0.0940. The van der Waals surface area contributed by atoms with E-state index in [1.807, 2.05) is 11.8 Å². The molecule has 1 aromatic rings. The number of rotatable bonds is 6. The van der Waals surface area contributed by atoms with Crippen LogP contribution in [-0.2, 0) is 12.2 Å². The molecule has 0 fully saturated rings. The predicted molar refractivity (Wildman–Crippen MR) is 84.0 cm³/mol. The molecule has 0 saturated heterocycles. The first-order valence-corrected chi connectivity index (χ1v) is 8.92. The van der Waals surface area contributed by atoms with Gasteiger partial charge in [-0.15, -0.1) is 11.3 Å². The molecular formula is C14H22N2OS2. The summed E-state index contributed by atoms with van der Waals surface area (Å²) in [6.45, 7) is 2.67. The van der Waals surface area contributed by atoms with E-state index in [-0.39, 0.29) is 11.9 Å². The fourth-order valence-corrected chi connectivity index (χ4v) is 4.49. The van der Waals surface area contributed by atoms with E-state index in [1.165, 1.54) is 16.2 Å². The molecule has 0 aromatic carbocycles. The van der Waals surface area contributed by atoms with Gasteiger partial charge in [-0.25, -0.2) is 0 Å². The molecule has 0 saturated carbocycles. The monoisotopic (exact) mass is 298 g/mol. The first-order valence-electron chi connectivity index (χ1n) is 6.94. The second-order valence-electron chi connectivity index (χ2n) is 4.91. The molecule has 5 heteroatoms. The summed E-state index contributed by atoms with van der Waals surface area (Å²) in [6.07, 6.45) is 4.32. The first kappa shape index (κ1) is 14.9. The molecule has 0 aliphatic carbocycles. The second-order valence-corrected chi connectivity index (χ2v) is 7.15. The molecule has 2 rings (SSSR count). The van der Waals surface area contributed by atoms with Crippen molar-refractivity contribution in [2.24, 2.45) is 5.73 Å². The Labute approximate surface area is 123 Å². The number of thiophene rings is 1. The quantitative estimate of drug-likeness (QED) is 0.849. The lowest BCUT2D eigenvalue weighted by atomic mass is 10.1. The molecule has 1 aromatic heterocycles. The van der Waals surface area contributed by atoms with Gasteiger partial charge < -0.3 is 11.1 Å². The van der Waals surface area contributed by atoms with Crippen LogP contribution in [0.15, 0.2) is 6.07 Å². The van der Waals surface area contributed by atoms with Crippen molar-refractivity contribution in [2.75, 3.05) is 12.3 Å². The number of aryl methyl sites for hydroxylation is 1. The molecule has 19 heavy (non-hydrogen) atoms. The highest BCUT2D eigenvalue weighted by atomic mass is 32.2. The molecule has 106 valence electrons. The summed E-state index contributed by atoms with van der Waals surface area (Å²) >= 11 is 3.60. The van der Waals surface area contributed by atoms with Crippen molar-refractivity contribution in [2.45, 2.75) is 44.4 Å². The van der Waals surface area contributed by atoms with Gasteiger partial charge in [0.15, 0.2) is 0 Å². The highest BCUT2D eigenvalue weighted by molar-refractivity contribution is 7.98. The van der Waals surface area contributed by atoms with Crippen molar-refractivity contribution >= 4 is 29.0 Å². The fraction of sp³-hybridized carbons (Fsp3) is 0.643. The lowest BCUT2D eigenvalue weighted by Crippen LogP contribution is -2.39. The zero-order valence-electron chi connectivity index (χ0n) is 11.4. The molecule has 0 radical (unpaired) electrons. The van der Waals surface area contributed by atoms with Gasteiger partial charge in [-0.1, -0.05) is 19.8 Å². The van der Waals surface area contributed by atoms with E-state index in [4.69, 9.17) is 5.73 Å². The molecule has 3 nitrogen and oxygen atoms in total.